The van der Waals surface area contributed by atoms with Gasteiger partial charge in [0.05, 0.1) is 0 Å². The van der Waals surface area contributed by atoms with Crippen LogP contribution in [0.1, 0.15) is 10.4 Å². The Morgan fingerprint density at radius 2 is 1.67 bits per heavy atom. The molecule has 7 heteroatoms. The van der Waals surface area contributed by atoms with E-state index < -0.39 is 5.97 Å². The van der Waals surface area contributed by atoms with Crippen molar-refractivity contribution in [3.05, 3.63) is 29.8 Å². The van der Waals surface area contributed by atoms with Gasteiger partial charge < -0.3 is 15.0 Å². The van der Waals surface area contributed by atoms with Crippen molar-refractivity contribution < 1.29 is 19.8 Å². The van der Waals surface area contributed by atoms with Gasteiger partial charge in [-0.3, -0.25) is 11.7 Å². The van der Waals surface area contributed by atoms with E-state index in [1.165, 1.54) is 12.1 Å². The first kappa shape index (κ1) is 15.5. The predicted octanol–water partition coefficient (Wildman–Crippen LogP) is -0.771. The van der Waals surface area contributed by atoms with Gasteiger partial charge in [0.2, 0.25) is 0 Å². The Bertz CT molecular complexity index is 293. The van der Waals surface area contributed by atoms with E-state index in [0.29, 0.717) is 0 Å². The molecule has 0 aliphatic carbocycles. The summed E-state index contributed by atoms with van der Waals surface area (Å²) >= 11 is 0. The molecule has 84 valence electrons. The molecule has 0 amide bonds. The number of carboxylic acid groups (broad SMARTS) is 1. The van der Waals surface area contributed by atoms with Crippen molar-refractivity contribution in [3.63, 3.8) is 0 Å². The zero-order chi connectivity index (χ0) is 12.3. The van der Waals surface area contributed by atoms with Crippen molar-refractivity contribution in [2.75, 3.05) is 0 Å². The molecule has 0 aliphatic heterocycles. The molecular weight excluding hydrogens is 202 g/mol. The maximum absolute atomic E-state index is 10.3. The maximum Gasteiger partial charge on any atom is 0.339 e. The summed E-state index contributed by atoms with van der Waals surface area (Å²) in [6.07, 6.45) is 0. The molecule has 0 fully saturated rings. The number of rotatable bonds is 1. The van der Waals surface area contributed by atoms with Crippen LogP contribution in [0.25, 0.3) is 0 Å². The molecule has 0 heterocycles. The summed E-state index contributed by atoms with van der Waals surface area (Å²) < 4.78 is 0. The topological polar surface area (TPSA) is 139 Å². The molecule has 0 saturated heterocycles. The molecule has 7 nitrogen and oxygen atoms in total. The number of benzene rings is 1. The lowest BCUT2D eigenvalue weighted by Crippen LogP contribution is -2.29. The molecule has 1 aromatic carbocycles. The van der Waals surface area contributed by atoms with E-state index in [-0.39, 0.29) is 11.3 Å². The Morgan fingerprint density at radius 3 is 1.93 bits per heavy atom. The minimum Gasteiger partial charge on any atom is -0.507 e. The lowest BCUT2D eigenvalue weighted by atomic mass is 10.2. The molecule has 0 spiro atoms. The number of aromatic carboxylic acids is 1. The van der Waals surface area contributed by atoms with Gasteiger partial charge in [0.1, 0.15) is 18.1 Å². The largest absolute Gasteiger partial charge is 0.507 e. The summed E-state index contributed by atoms with van der Waals surface area (Å²) in [5, 5.41) is 17.3. The molecule has 0 aromatic heterocycles. The monoisotopic (exact) mass is 215 g/mol. The van der Waals surface area contributed by atoms with Crippen LogP contribution < -0.4 is 17.2 Å². The van der Waals surface area contributed by atoms with Gasteiger partial charge in [-0.15, -0.1) is 0 Å². The van der Waals surface area contributed by atoms with E-state index in [9.17, 15) is 4.79 Å². The molecule has 1 rings (SSSR count). The number of hydrogen-bond acceptors (Lipinski definition) is 6. The first-order chi connectivity index (χ1) is 7.13. The second-order valence-corrected chi connectivity index (χ2v) is 1.99. The second kappa shape index (κ2) is 10.1. The van der Waals surface area contributed by atoms with Crippen LogP contribution >= 0.6 is 0 Å². The van der Waals surface area contributed by atoms with E-state index in [0.717, 1.165) is 0 Å². The first-order valence-corrected chi connectivity index (χ1v) is 3.59. The highest BCUT2D eigenvalue weighted by Gasteiger charge is 2.05. The normalized spacial score (nSPS) is 7.60. The van der Waals surface area contributed by atoms with Gasteiger partial charge in [0, 0.05) is 0 Å². The smallest absolute Gasteiger partial charge is 0.339 e. The Hall–Kier alpha value is -1.96. The summed E-state index contributed by atoms with van der Waals surface area (Å²) in [6, 6.07) is 5.81. The number of carboxylic acids is 1. The maximum atomic E-state index is 10.3. The summed E-state index contributed by atoms with van der Waals surface area (Å²) in [5.74, 6) is 7.44. The fourth-order valence-corrected chi connectivity index (χ4v) is 0.654. The fourth-order valence-electron chi connectivity index (χ4n) is 0.654. The average Bonchev–Trinajstić information content (AvgIpc) is 2.22. The number of nitrogens with one attached hydrogen (secondary N) is 1. The fraction of sp³-hybridized carbons (Fsp3) is 0. The quantitative estimate of drug-likeness (QED) is 0.306. The van der Waals surface area contributed by atoms with E-state index in [2.05, 4.69) is 11.7 Å². The van der Waals surface area contributed by atoms with Crippen LogP contribution in [0.3, 0.4) is 0 Å². The Morgan fingerprint density at radius 1 is 1.27 bits per heavy atom. The third kappa shape index (κ3) is 7.14. The zero-order valence-corrected chi connectivity index (χ0v) is 7.88. The highest BCUT2D eigenvalue weighted by molar-refractivity contribution is 5.90. The lowest BCUT2D eigenvalue weighted by Gasteiger charge is -1.95. The third-order valence-electron chi connectivity index (χ3n) is 1.13. The molecule has 1 aromatic rings. The summed E-state index contributed by atoms with van der Waals surface area (Å²) in [5.41, 5.74) is 1.68. The van der Waals surface area contributed by atoms with Crippen LogP contribution in [0, 0.1) is 0 Å². The number of phenols is 1. The van der Waals surface area contributed by atoms with Gasteiger partial charge in [0.25, 0.3) is 0 Å². The van der Waals surface area contributed by atoms with Crippen LogP contribution in [-0.2, 0) is 4.79 Å². The number of hydrogen-bond donors (Lipinski definition) is 5. The van der Waals surface area contributed by atoms with E-state index >= 15 is 0 Å². The molecule has 0 aliphatic rings. The predicted molar refractivity (Wildman–Crippen MR) is 53.7 cm³/mol. The second-order valence-electron chi connectivity index (χ2n) is 1.99. The van der Waals surface area contributed by atoms with Gasteiger partial charge >= 0.3 is 5.97 Å². The highest BCUT2D eigenvalue weighted by Crippen LogP contribution is 2.14. The number of para-hydroxylation sites is 1. The molecule has 7 N–H and O–H groups in total. The van der Waals surface area contributed by atoms with Crippen LogP contribution in [0.4, 0.5) is 0 Å². The van der Waals surface area contributed by atoms with Gasteiger partial charge in [-0.25, -0.2) is 4.79 Å². The number of carbonyl (C=O) groups is 2. The van der Waals surface area contributed by atoms with Crippen molar-refractivity contribution >= 4 is 12.8 Å². The number of aromatic hydroxyl groups is 1. The first-order valence-electron chi connectivity index (χ1n) is 3.59. The molecule has 0 saturated carbocycles. The van der Waals surface area contributed by atoms with Gasteiger partial charge in [-0.1, -0.05) is 12.1 Å². The minimum atomic E-state index is -1.11. The minimum absolute atomic E-state index is 0.0671. The Labute approximate surface area is 86.3 Å². The van der Waals surface area contributed by atoms with Crippen molar-refractivity contribution in [3.8, 4) is 5.75 Å². The molecule has 0 radical (unpaired) electrons. The van der Waals surface area contributed by atoms with E-state index in [1.807, 2.05) is 6.79 Å². The van der Waals surface area contributed by atoms with Gasteiger partial charge in [-0.05, 0) is 12.1 Å². The molecule has 0 unspecified atom stereocenters. The SMILES string of the molecule is C=O.NNN.O=C(O)c1ccccc1O. The van der Waals surface area contributed by atoms with Gasteiger partial charge in [-0.2, -0.15) is 5.53 Å². The average molecular weight is 215 g/mol. The van der Waals surface area contributed by atoms with Gasteiger partial charge in [0.15, 0.2) is 0 Å². The lowest BCUT2D eigenvalue weighted by molar-refractivity contribution is -0.0980. The van der Waals surface area contributed by atoms with Crippen molar-refractivity contribution in [1.82, 2.24) is 5.53 Å². The van der Waals surface area contributed by atoms with Crippen molar-refractivity contribution in [2.45, 2.75) is 0 Å². The number of hydrazine groups is 2. The molecule has 15 heavy (non-hydrogen) atoms. The summed E-state index contributed by atoms with van der Waals surface area (Å²) in [7, 11) is 0. The van der Waals surface area contributed by atoms with E-state index in [4.69, 9.17) is 15.0 Å². The van der Waals surface area contributed by atoms with Crippen LogP contribution in [-0.4, -0.2) is 23.0 Å². The van der Waals surface area contributed by atoms with Crippen LogP contribution in [0.2, 0.25) is 0 Å². The Balaban J connectivity index is 0. The van der Waals surface area contributed by atoms with E-state index in [1.54, 1.807) is 17.7 Å². The zero-order valence-electron chi connectivity index (χ0n) is 7.88. The standard InChI is InChI=1S/C7H6O3.CH2O.H5N3/c8-6-4-2-1-3-5(6)7(9)10;1-2;1-3-2/h1-4,8H,(H,9,10);1H2;3H,1-2H2. The van der Waals surface area contributed by atoms with Crippen molar-refractivity contribution in [1.29, 1.82) is 0 Å². The summed E-state index contributed by atoms with van der Waals surface area (Å²) in [6.45, 7) is 2.00. The van der Waals surface area contributed by atoms with Crippen molar-refractivity contribution in [2.24, 2.45) is 11.7 Å². The summed E-state index contributed by atoms with van der Waals surface area (Å²) in [4.78, 5) is 18.3. The Kier molecular flexibility index (Phi) is 10.5. The highest BCUT2D eigenvalue weighted by atomic mass is 16.4. The molecular formula is C8H13N3O4. The number of carbonyl (C=O) groups excluding carboxylic acids is 1. The third-order valence-corrected chi connectivity index (χ3v) is 1.13. The van der Waals surface area contributed by atoms with Crippen LogP contribution in [0.15, 0.2) is 24.3 Å². The van der Waals surface area contributed by atoms with Crippen LogP contribution in [0.5, 0.6) is 5.75 Å². The molecule has 0 atom stereocenters. The molecule has 0 bridgehead atoms. The number of nitrogens with two attached hydrogens (primary N) is 2.